The molecular weight excluding hydrogens is 236 g/mol. The van der Waals surface area contributed by atoms with Crippen LogP contribution in [0.4, 0.5) is 0 Å². The third kappa shape index (κ3) is 2.83. The predicted molar refractivity (Wildman–Crippen MR) is 69.3 cm³/mol. The Labute approximate surface area is 105 Å². The zero-order chi connectivity index (χ0) is 12.5. The van der Waals surface area contributed by atoms with E-state index in [0.29, 0.717) is 18.4 Å². The number of hydrogen-bond donors (Lipinski definition) is 1. The fraction of sp³-hybridized carbons (Fsp3) is 1.00. The summed E-state index contributed by atoms with van der Waals surface area (Å²) in [5.41, 5.74) is 0. The van der Waals surface area contributed by atoms with Gasteiger partial charge in [0.25, 0.3) is 0 Å². The molecule has 100 valence electrons. The van der Waals surface area contributed by atoms with Crippen molar-refractivity contribution in [3.63, 3.8) is 0 Å². The zero-order valence-electron chi connectivity index (χ0n) is 10.9. The van der Waals surface area contributed by atoms with Crippen LogP contribution in [0.2, 0.25) is 0 Å². The van der Waals surface area contributed by atoms with Gasteiger partial charge in [-0.2, -0.15) is 0 Å². The molecule has 0 amide bonds. The summed E-state index contributed by atoms with van der Waals surface area (Å²) >= 11 is 0. The van der Waals surface area contributed by atoms with E-state index in [1.807, 2.05) is 0 Å². The standard InChI is InChI=1S/C12H24N2O2S/c1-10(2)5-8-14-9-11-3-6-13-7-4-12(11)17(14,15)16/h10-13H,3-9H2,1-2H3/t11-,12-/m1/s1. The quantitative estimate of drug-likeness (QED) is 0.825. The molecule has 4 nitrogen and oxygen atoms in total. The van der Waals surface area contributed by atoms with Gasteiger partial charge in [0.15, 0.2) is 0 Å². The molecule has 0 saturated carbocycles. The molecule has 5 heteroatoms. The van der Waals surface area contributed by atoms with Crippen molar-refractivity contribution in [2.24, 2.45) is 11.8 Å². The second-order valence-electron chi connectivity index (χ2n) is 5.71. The second kappa shape index (κ2) is 5.24. The molecule has 0 aromatic rings. The first kappa shape index (κ1) is 13.3. The van der Waals surface area contributed by atoms with Crippen molar-refractivity contribution in [2.45, 2.75) is 38.4 Å². The number of rotatable bonds is 3. The SMILES string of the molecule is CC(C)CCN1C[C@H]2CCNCC[C@H]2S1(=O)=O. The Bertz CT molecular complexity index is 354. The Hall–Kier alpha value is -0.130. The summed E-state index contributed by atoms with van der Waals surface area (Å²) in [6.07, 6.45) is 2.75. The highest BCUT2D eigenvalue weighted by atomic mass is 32.2. The highest BCUT2D eigenvalue weighted by Crippen LogP contribution is 2.33. The van der Waals surface area contributed by atoms with Crippen LogP contribution in [-0.2, 0) is 10.0 Å². The van der Waals surface area contributed by atoms with Crippen LogP contribution in [0.1, 0.15) is 33.1 Å². The molecule has 0 aliphatic carbocycles. The molecule has 0 aromatic heterocycles. The normalized spacial score (nSPS) is 33.6. The Morgan fingerprint density at radius 1 is 1.29 bits per heavy atom. The lowest BCUT2D eigenvalue weighted by Gasteiger charge is -2.17. The largest absolute Gasteiger partial charge is 0.317 e. The minimum Gasteiger partial charge on any atom is -0.317 e. The lowest BCUT2D eigenvalue weighted by atomic mass is 10.0. The molecule has 17 heavy (non-hydrogen) atoms. The molecule has 2 atom stereocenters. The second-order valence-corrected chi connectivity index (χ2v) is 7.86. The number of nitrogens with zero attached hydrogens (tertiary/aromatic N) is 1. The predicted octanol–water partition coefficient (Wildman–Crippen LogP) is 1.05. The summed E-state index contributed by atoms with van der Waals surface area (Å²) in [4.78, 5) is 0. The topological polar surface area (TPSA) is 49.4 Å². The molecular formula is C12H24N2O2S. The Kier molecular flexibility index (Phi) is 4.10. The molecule has 2 heterocycles. The summed E-state index contributed by atoms with van der Waals surface area (Å²) in [5.74, 6) is 0.916. The molecule has 2 rings (SSSR count). The first-order valence-corrected chi connectivity index (χ1v) is 8.22. The smallest absolute Gasteiger partial charge is 0.217 e. The average Bonchev–Trinajstić information content (AvgIpc) is 2.45. The minimum atomic E-state index is -3.01. The van der Waals surface area contributed by atoms with Crippen molar-refractivity contribution in [1.82, 2.24) is 9.62 Å². The van der Waals surface area contributed by atoms with E-state index in [-0.39, 0.29) is 5.25 Å². The van der Waals surface area contributed by atoms with Gasteiger partial charge in [-0.05, 0) is 44.2 Å². The van der Waals surface area contributed by atoms with Gasteiger partial charge in [0, 0.05) is 13.1 Å². The van der Waals surface area contributed by atoms with Crippen LogP contribution in [0, 0.1) is 11.8 Å². The van der Waals surface area contributed by atoms with Crippen LogP contribution in [0.25, 0.3) is 0 Å². The molecule has 0 unspecified atom stereocenters. The molecule has 0 radical (unpaired) electrons. The summed E-state index contributed by atoms with van der Waals surface area (Å²) in [6.45, 7) is 7.56. The van der Waals surface area contributed by atoms with Crippen molar-refractivity contribution < 1.29 is 8.42 Å². The first-order valence-electron chi connectivity index (χ1n) is 6.71. The van der Waals surface area contributed by atoms with E-state index in [4.69, 9.17) is 0 Å². The minimum absolute atomic E-state index is 0.121. The monoisotopic (exact) mass is 260 g/mol. The molecule has 1 N–H and O–H groups in total. The van der Waals surface area contributed by atoms with Gasteiger partial charge in [-0.15, -0.1) is 0 Å². The van der Waals surface area contributed by atoms with E-state index in [1.165, 1.54) is 0 Å². The van der Waals surface area contributed by atoms with Crippen molar-refractivity contribution in [3.05, 3.63) is 0 Å². The van der Waals surface area contributed by atoms with Crippen molar-refractivity contribution in [2.75, 3.05) is 26.2 Å². The van der Waals surface area contributed by atoms with Crippen molar-refractivity contribution in [3.8, 4) is 0 Å². The zero-order valence-corrected chi connectivity index (χ0v) is 11.7. The summed E-state index contributed by atoms with van der Waals surface area (Å²) in [7, 11) is -3.01. The lowest BCUT2D eigenvalue weighted by Crippen LogP contribution is -2.32. The van der Waals surface area contributed by atoms with E-state index >= 15 is 0 Å². The van der Waals surface area contributed by atoms with E-state index < -0.39 is 10.0 Å². The fourth-order valence-corrected chi connectivity index (χ4v) is 5.12. The molecule has 0 bridgehead atoms. The number of nitrogens with one attached hydrogen (secondary N) is 1. The maximum absolute atomic E-state index is 12.4. The molecule has 2 saturated heterocycles. The molecule has 0 spiro atoms. The first-order chi connectivity index (χ1) is 8.01. The summed E-state index contributed by atoms with van der Waals surface area (Å²) in [5, 5.41) is 3.18. The van der Waals surface area contributed by atoms with Gasteiger partial charge >= 0.3 is 0 Å². The number of hydrogen-bond acceptors (Lipinski definition) is 3. The van der Waals surface area contributed by atoms with E-state index in [2.05, 4.69) is 19.2 Å². The van der Waals surface area contributed by atoms with Crippen LogP contribution in [0.5, 0.6) is 0 Å². The highest BCUT2D eigenvalue weighted by molar-refractivity contribution is 7.90. The Morgan fingerprint density at radius 2 is 2.00 bits per heavy atom. The van der Waals surface area contributed by atoms with Crippen LogP contribution in [0.3, 0.4) is 0 Å². The van der Waals surface area contributed by atoms with Crippen LogP contribution < -0.4 is 5.32 Å². The Morgan fingerprint density at radius 3 is 2.71 bits per heavy atom. The molecule has 2 fully saturated rings. The van der Waals surface area contributed by atoms with E-state index in [9.17, 15) is 8.42 Å². The maximum Gasteiger partial charge on any atom is 0.217 e. The number of fused-ring (bicyclic) bond motifs is 1. The molecule has 2 aliphatic rings. The van der Waals surface area contributed by atoms with Gasteiger partial charge in [-0.1, -0.05) is 13.8 Å². The molecule has 2 aliphatic heterocycles. The van der Waals surface area contributed by atoms with Gasteiger partial charge in [0.1, 0.15) is 0 Å². The maximum atomic E-state index is 12.4. The van der Waals surface area contributed by atoms with Gasteiger partial charge in [0.2, 0.25) is 10.0 Å². The van der Waals surface area contributed by atoms with Crippen molar-refractivity contribution in [1.29, 1.82) is 0 Å². The highest BCUT2D eigenvalue weighted by Gasteiger charge is 2.45. The third-order valence-corrected chi connectivity index (χ3v) is 6.40. The van der Waals surface area contributed by atoms with E-state index in [0.717, 1.165) is 38.9 Å². The summed E-state index contributed by atoms with van der Waals surface area (Å²) < 4.78 is 26.5. The van der Waals surface area contributed by atoms with Crippen LogP contribution in [0.15, 0.2) is 0 Å². The van der Waals surface area contributed by atoms with Gasteiger partial charge in [0.05, 0.1) is 5.25 Å². The fourth-order valence-electron chi connectivity index (χ4n) is 2.86. The Balaban J connectivity index is 2.06. The molecule has 0 aromatic carbocycles. The average molecular weight is 260 g/mol. The lowest BCUT2D eigenvalue weighted by molar-refractivity contribution is 0.361. The number of sulfonamides is 1. The van der Waals surface area contributed by atoms with Crippen LogP contribution in [-0.4, -0.2) is 44.2 Å². The van der Waals surface area contributed by atoms with Crippen molar-refractivity contribution >= 4 is 10.0 Å². The third-order valence-electron chi connectivity index (χ3n) is 3.96. The van der Waals surface area contributed by atoms with Gasteiger partial charge < -0.3 is 5.32 Å². The van der Waals surface area contributed by atoms with Gasteiger partial charge in [-0.25, -0.2) is 12.7 Å². The van der Waals surface area contributed by atoms with Gasteiger partial charge in [-0.3, -0.25) is 0 Å². The van der Waals surface area contributed by atoms with E-state index in [1.54, 1.807) is 4.31 Å². The summed E-state index contributed by atoms with van der Waals surface area (Å²) in [6, 6.07) is 0. The van der Waals surface area contributed by atoms with Crippen LogP contribution >= 0.6 is 0 Å².